The van der Waals surface area contributed by atoms with Gasteiger partial charge in [0, 0.05) is 26.7 Å². The van der Waals surface area contributed by atoms with Crippen LogP contribution in [0.5, 0.6) is 0 Å². The molecule has 116 valence electrons. The van der Waals surface area contributed by atoms with E-state index in [0.29, 0.717) is 26.2 Å². The first-order valence-electron chi connectivity index (χ1n) is 7.76. The first-order chi connectivity index (χ1) is 10.3. The standard InChI is InChI=1S/C17H25NO3/c1-20-13-10-17(19)18-11-5-12-21-16-9-4-7-14-6-2-3-8-15(14)16/h2-3,6,8,16H,4-5,7,9-13H2,1H3,(H,18,19)/t16-/m1/s1. The van der Waals surface area contributed by atoms with Crippen molar-refractivity contribution in [2.75, 3.05) is 26.9 Å². The first-order valence-corrected chi connectivity index (χ1v) is 7.76. The number of benzene rings is 1. The normalized spacial score (nSPS) is 17.3. The molecule has 21 heavy (non-hydrogen) atoms. The Morgan fingerprint density at radius 1 is 1.33 bits per heavy atom. The van der Waals surface area contributed by atoms with E-state index in [4.69, 9.17) is 9.47 Å². The maximum Gasteiger partial charge on any atom is 0.222 e. The molecule has 0 aromatic heterocycles. The van der Waals surface area contributed by atoms with E-state index in [0.717, 1.165) is 19.3 Å². The number of fused-ring (bicyclic) bond motifs is 1. The third-order valence-electron chi connectivity index (χ3n) is 3.81. The van der Waals surface area contributed by atoms with Crippen molar-refractivity contribution in [3.05, 3.63) is 35.4 Å². The van der Waals surface area contributed by atoms with E-state index in [-0.39, 0.29) is 12.0 Å². The molecule has 0 heterocycles. The lowest BCUT2D eigenvalue weighted by Gasteiger charge is -2.25. The highest BCUT2D eigenvalue weighted by molar-refractivity contribution is 5.75. The number of aryl methyl sites for hydroxylation is 1. The summed E-state index contributed by atoms with van der Waals surface area (Å²) in [6, 6.07) is 8.54. The van der Waals surface area contributed by atoms with Crippen LogP contribution >= 0.6 is 0 Å². The summed E-state index contributed by atoms with van der Waals surface area (Å²) in [6.45, 7) is 1.82. The lowest BCUT2D eigenvalue weighted by atomic mass is 9.89. The average molecular weight is 291 g/mol. The first kappa shape index (κ1) is 16.0. The van der Waals surface area contributed by atoms with Crippen LogP contribution in [-0.4, -0.2) is 32.8 Å². The van der Waals surface area contributed by atoms with Crippen molar-refractivity contribution in [3.63, 3.8) is 0 Å². The van der Waals surface area contributed by atoms with Crippen LogP contribution in [-0.2, 0) is 20.7 Å². The third kappa shape index (κ3) is 5.14. The van der Waals surface area contributed by atoms with Crippen molar-refractivity contribution in [1.82, 2.24) is 5.32 Å². The quantitative estimate of drug-likeness (QED) is 0.749. The molecular weight excluding hydrogens is 266 g/mol. The van der Waals surface area contributed by atoms with Gasteiger partial charge in [-0.3, -0.25) is 4.79 Å². The molecule has 1 N–H and O–H groups in total. The van der Waals surface area contributed by atoms with Gasteiger partial charge in [-0.15, -0.1) is 0 Å². The average Bonchev–Trinajstić information content (AvgIpc) is 2.52. The molecule has 0 bridgehead atoms. The molecular formula is C17H25NO3. The van der Waals surface area contributed by atoms with E-state index in [2.05, 4.69) is 29.6 Å². The van der Waals surface area contributed by atoms with Crippen molar-refractivity contribution in [2.45, 2.75) is 38.2 Å². The summed E-state index contributed by atoms with van der Waals surface area (Å²) >= 11 is 0. The number of rotatable bonds is 8. The van der Waals surface area contributed by atoms with Crippen LogP contribution in [0.2, 0.25) is 0 Å². The zero-order valence-electron chi connectivity index (χ0n) is 12.8. The minimum absolute atomic E-state index is 0.0415. The smallest absolute Gasteiger partial charge is 0.222 e. The summed E-state index contributed by atoms with van der Waals surface area (Å²) in [5.41, 5.74) is 2.76. The van der Waals surface area contributed by atoms with E-state index in [1.54, 1.807) is 7.11 Å². The van der Waals surface area contributed by atoms with E-state index in [1.165, 1.54) is 17.5 Å². The van der Waals surface area contributed by atoms with E-state index in [9.17, 15) is 4.79 Å². The zero-order chi connectivity index (χ0) is 14.9. The van der Waals surface area contributed by atoms with E-state index < -0.39 is 0 Å². The Morgan fingerprint density at radius 3 is 3.05 bits per heavy atom. The largest absolute Gasteiger partial charge is 0.384 e. The monoisotopic (exact) mass is 291 g/mol. The van der Waals surface area contributed by atoms with Gasteiger partial charge in [0.1, 0.15) is 0 Å². The minimum atomic E-state index is 0.0415. The van der Waals surface area contributed by atoms with Gasteiger partial charge in [0.05, 0.1) is 12.7 Å². The summed E-state index contributed by atoms with van der Waals surface area (Å²) in [6.07, 6.45) is 4.93. The van der Waals surface area contributed by atoms with Crippen LogP contribution in [0.1, 0.15) is 42.9 Å². The van der Waals surface area contributed by atoms with Crippen molar-refractivity contribution in [2.24, 2.45) is 0 Å². The predicted octanol–water partition coefficient (Wildman–Crippen LogP) is 2.62. The number of hydrogen-bond donors (Lipinski definition) is 1. The lowest BCUT2D eigenvalue weighted by molar-refractivity contribution is -0.122. The van der Waals surface area contributed by atoms with Gasteiger partial charge in [0.15, 0.2) is 0 Å². The Bertz CT molecular complexity index is 447. The molecule has 0 aliphatic heterocycles. The van der Waals surface area contributed by atoms with Crippen molar-refractivity contribution < 1.29 is 14.3 Å². The predicted molar refractivity (Wildman–Crippen MR) is 82.2 cm³/mol. The van der Waals surface area contributed by atoms with Crippen LogP contribution in [0.4, 0.5) is 0 Å². The van der Waals surface area contributed by atoms with Crippen LogP contribution in [0.3, 0.4) is 0 Å². The van der Waals surface area contributed by atoms with Gasteiger partial charge < -0.3 is 14.8 Å². The summed E-state index contributed by atoms with van der Waals surface area (Å²) in [5, 5.41) is 2.88. The summed E-state index contributed by atoms with van der Waals surface area (Å²) in [4.78, 5) is 11.4. The molecule has 4 heteroatoms. The number of carbonyl (C=O) groups is 1. The molecule has 0 fully saturated rings. The fraction of sp³-hybridized carbons (Fsp3) is 0.588. The summed E-state index contributed by atoms with van der Waals surface area (Å²) < 4.78 is 10.9. The van der Waals surface area contributed by atoms with Crippen molar-refractivity contribution in [1.29, 1.82) is 0 Å². The molecule has 1 atom stereocenters. The number of methoxy groups -OCH3 is 1. The Kier molecular flexibility index (Phi) is 6.70. The van der Waals surface area contributed by atoms with Crippen LogP contribution in [0, 0.1) is 0 Å². The van der Waals surface area contributed by atoms with Crippen molar-refractivity contribution in [3.8, 4) is 0 Å². The van der Waals surface area contributed by atoms with Gasteiger partial charge in [-0.25, -0.2) is 0 Å². The second-order valence-corrected chi connectivity index (χ2v) is 5.40. The molecule has 2 rings (SSSR count). The Morgan fingerprint density at radius 2 is 2.19 bits per heavy atom. The fourth-order valence-corrected chi connectivity index (χ4v) is 2.69. The molecule has 1 aromatic carbocycles. The van der Waals surface area contributed by atoms with Crippen LogP contribution in [0.15, 0.2) is 24.3 Å². The van der Waals surface area contributed by atoms with Gasteiger partial charge in [0.2, 0.25) is 5.91 Å². The maximum atomic E-state index is 11.4. The molecule has 1 aliphatic rings. The number of nitrogens with one attached hydrogen (secondary N) is 1. The van der Waals surface area contributed by atoms with Gasteiger partial charge in [0.25, 0.3) is 0 Å². The molecule has 0 spiro atoms. The minimum Gasteiger partial charge on any atom is -0.384 e. The molecule has 1 aliphatic carbocycles. The molecule has 4 nitrogen and oxygen atoms in total. The highest BCUT2D eigenvalue weighted by atomic mass is 16.5. The van der Waals surface area contributed by atoms with Gasteiger partial charge in [-0.2, -0.15) is 0 Å². The van der Waals surface area contributed by atoms with Gasteiger partial charge in [-0.05, 0) is 36.8 Å². The van der Waals surface area contributed by atoms with E-state index >= 15 is 0 Å². The Labute approximate surface area is 126 Å². The number of ether oxygens (including phenoxy) is 2. The van der Waals surface area contributed by atoms with Crippen LogP contribution < -0.4 is 5.32 Å². The highest BCUT2D eigenvalue weighted by Gasteiger charge is 2.19. The van der Waals surface area contributed by atoms with E-state index in [1.807, 2.05) is 0 Å². The third-order valence-corrected chi connectivity index (χ3v) is 3.81. The molecule has 0 saturated carbocycles. The summed E-state index contributed by atoms with van der Waals surface area (Å²) in [7, 11) is 1.60. The summed E-state index contributed by atoms with van der Waals surface area (Å²) in [5.74, 6) is 0.0415. The maximum absolute atomic E-state index is 11.4. The number of hydrogen-bond acceptors (Lipinski definition) is 3. The molecule has 0 saturated heterocycles. The Balaban J connectivity index is 1.65. The molecule has 1 amide bonds. The molecule has 1 aromatic rings. The fourth-order valence-electron chi connectivity index (χ4n) is 2.69. The lowest BCUT2D eigenvalue weighted by Crippen LogP contribution is -2.26. The topological polar surface area (TPSA) is 47.6 Å². The zero-order valence-corrected chi connectivity index (χ0v) is 12.8. The second-order valence-electron chi connectivity index (χ2n) is 5.40. The van der Waals surface area contributed by atoms with Crippen molar-refractivity contribution >= 4 is 5.91 Å². The van der Waals surface area contributed by atoms with Gasteiger partial charge in [-0.1, -0.05) is 24.3 Å². The number of amides is 1. The number of carbonyl (C=O) groups excluding carboxylic acids is 1. The Hall–Kier alpha value is -1.39. The SMILES string of the molecule is COCCC(=O)NCCCO[C@@H]1CCCc2ccccc21. The molecule has 0 unspecified atom stereocenters. The second kappa shape index (κ2) is 8.80. The highest BCUT2D eigenvalue weighted by Crippen LogP contribution is 2.32. The van der Waals surface area contributed by atoms with Gasteiger partial charge >= 0.3 is 0 Å². The molecule has 0 radical (unpaired) electrons. The van der Waals surface area contributed by atoms with Crippen LogP contribution in [0.25, 0.3) is 0 Å².